The summed E-state index contributed by atoms with van der Waals surface area (Å²) in [6.07, 6.45) is 4.30. The van der Waals surface area contributed by atoms with Gasteiger partial charge in [-0.3, -0.25) is 4.99 Å². The fraction of sp³-hybridized carbons (Fsp3) is 0.318. The van der Waals surface area contributed by atoms with E-state index in [4.69, 9.17) is 9.73 Å². The molecule has 0 fully saturated rings. The first-order chi connectivity index (χ1) is 12.1. The minimum Gasteiger partial charge on any atom is -0.497 e. The zero-order valence-electron chi connectivity index (χ0n) is 15.1. The summed E-state index contributed by atoms with van der Waals surface area (Å²) in [7, 11) is 1.69. The van der Waals surface area contributed by atoms with Crippen LogP contribution < -0.4 is 9.64 Å². The summed E-state index contributed by atoms with van der Waals surface area (Å²) in [4.78, 5) is 7.23. The summed E-state index contributed by atoms with van der Waals surface area (Å²) >= 11 is 0. The minimum atomic E-state index is 0.0206. The lowest BCUT2D eigenvalue weighted by Gasteiger charge is -2.33. The van der Waals surface area contributed by atoms with Crippen molar-refractivity contribution in [3.05, 3.63) is 65.4 Å². The molecule has 0 spiro atoms. The molecule has 2 aliphatic rings. The Kier molecular flexibility index (Phi) is 3.87. The molecule has 2 aromatic rings. The second-order valence-electron chi connectivity index (χ2n) is 7.23. The Morgan fingerprint density at radius 3 is 2.80 bits per heavy atom. The summed E-state index contributed by atoms with van der Waals surface area (Å²) in [5.41, 5.74) is 6.47. The van der Waals surface area contributed by atoms with Gasteiger partial charge in [0.15, 0.2) is 0 Å². The zero-order valence-corrected chi connectivity index (χ0v) is 15.1. The highest BCUT2D eigenvalue weighted by molar-refractivity contribution is 5.87. The van der Waals surface area contributed by atoms with Crippen LogP contribution in [0, 0.1) is 0 Å². The van der Waals surface area contributed by atoms with E-state index in [1.54, 1.807) is 7.11 Å². The van der Waals surface area contributed by atoms with Crippen LogP contribution in [0.15, 0.2) is 64.8 Å². The topological polar surface area (TPSA) is 24.8 Å². The maximum atomic E-state index is 5.30. The molecule has 25 heavy (non-hydrogen) atoms. The summed E-state index contributed by atoms with van der Waals surface area (Å²) in [5, 5.41) is 0. The summed E-state index contributed by atoms with van der Waals surface area (Å²) in [6.45, 7) is 5.74. The Bertz CT molecular complexity index is 864. The van der Waals surface area contributed by atoms with Crippen LogP contribution in [0.3, 0.4) is 0 Å². The Morgan fingerprint density at radius 1 is 1.12 bits per heavy atom. The number of aliphatic imine (C=N–C) groups is 1. The van der Waals surface area contributed by atoms with Crippen molar-refractivity contribution in [2.24, 2.45) is 4.99 Å². The molecule has 0 saturated carbocycles. The fourth-order valence-corrected chi connectivity index (χ4v) is 4.14. The van der Waals surface area contributed by atoms with Crippen LogP contribution in [0.2, 0.25) is 0 Å². The molecule has 0 bridgehead atoms. The fourth-order valence-electron chi connectivity index (χ4n) is 4.14. The molecule has 0 N–H and O–H groups in total. The SMILES string of the molecule is COc1cccc(N=CC2=C3N(CCC2)c2ccccc2C3(C)C)c1. The normalized spacial score (nSPS) is 18.4. The second kappa shape index (κ2) is 6.07. The average Bonchev–Trinajstić information content (AvgIpc) is 2.89. The van der Waals surface area contributed by atoms with Crippen molar-refractivity contribution >= 4 is 17.6 Å². The number of benzene rings is 2. The second-order valence-corrected chi connectivity index (χ2v) is 7.23. The van der Waals surface area contributed by atoms with E-state index in [0.717, 1.165) is 30.8 Å². The Hall–Kier alpha value is -2.55. The van der Waals surface area contributed by atoms with Crippen LogP contribution in [0.4, 0.5) is 11.4 Å². The first-order valence-corrected chi connectivity index (χ1v) is 8.90. The lowest BCUT2D eigenvalue weighted by molar-refractivity contribution is 0.415. The maximum absolute atomic E-state index is 5.30. The Morgan fingerprint density at radius 2 is 1.96 bits per heavy atom. The van der Waals surface area contributed by atoms with E-state index in [1.807, 2.05) is 24.3 Å². The van der Waals surface area contributed by atoms with Crippen LogP contribution in [0.25, 0.3) is 0 Å². The number of nitrogens with zero attached hydrogens (tertiary/aromatic N) is 2. The van der Waals surface area contributed by atoms with Crippen molar-refractivity contribution in [3.63, 3.8) is 0 Å². The van der Waals surface area contributed by atoms with Crippen molar-refractivity contribution in [1.29, 1.82) is 0 Å². The van der Waals surface area contributed by atoms with Crippen molar-refractivity contribution in [1.82, 2.24) is 0 Å². The number of para-hydroxylation sites is 1. The molecule has 2 aliphatic heterocycles. The Labute approximate surface area is 149 Å². The third-order valence-corrected chi connectivity index (χ3v) is 5.28. The highest BCUT2D eigenvalue weighted by Gasteiger charge is 2.42. The molecule has 2 heterocycles. The number of hydrogen-bond acceptors (Lipinski definition) is 3. The van der Waals surface area contributed by atoms with Gasteiger partial charge in [0.05, 0.1) is 12.8 Å². The number of ether oxygens (including phenoxy) is 1. The number of methoxy groups -OCH3 is 1. The van der Waals surface area contributed by atoms with Gasteiger partial charge in [0.2, 0.25) is 0 Å². The first kappa shape index (κ1) is 15.9. The third-order valence-electron chi connectivity index (χ3n) is 5.28. The predicted molar refractivity (Wildman–Crippen MR) is 104 cm³/mol. The predicted octanol–water partition coefficient (Wildman–Crippen LogP) is 5.24. The van der Waals surface area contributed by atoms with E-state index < -0.39 is 0 Å². The number of allylic oxidation sites excluding steroid dienone is 2. The van der Waals surface area contributed by atoms with Gasteiger partial charge in [-0.15, -0.1) is 0 Å². The van der Waals surface area contributed by atoms with Gasteiger partial charge in [0.25, 0.3) is 0 Å². The smallest absolute Gasteiger partial charge is 0.121 e. The van der Waals surface area contributed by atoms with E-state index in [1.165, 1.54) is 22.5 Å². The monoisotopic (exact) mass is 332 g/mol. The molecule has 128 valence electrons. The van der Waals surface area contributed by atoms with Gasteiger partial charge in [-0.25, -0.2) is 0 Å². The molecule has 4 rings (SSSR count). The van der Waals surface area contributed by atoms with E-state index in [9.17, 15) is 0 Å². The summed E-state index contributed by atoms with van der Waals surface area (Å²) < 4.78 is 5.30. The van der Waals surface area contributed by atoms with Crippen LogP contribution in [-0.4, -0.2) is 19.9 Å². The number of rotatable bonds is 3. The van der Waals surface area contributed by atoms with Gasteiger partial charge in [0.1, 0.15) is 5.75 Å². The van der Waals surface area contributed by atoms with Crippen LogP contribution in [-0.2, 0) is 5.41 Å². The molecule has 0 amide bonds. The van der Waals surface area contributed by atoms with E-state index in [-0.39, 0.29) is 5.41 Å². The molecule has 3 heteroatoms. The van der Waals surface area contributed by atoms with Gasteiger partial charge in [-0.2, -0.15) is 0 Å². The number of fused-ring (bicyclic) bond motifs is 3. The van der Waals surface area contributed by atoms with E-state index in [0.29, 0.717) is 0 Å². The average molecular weight is 332 g/mol. The quantitative estimate of drug-likeness (QED) is 0.718. The molecule has 0 radical (unpaired) electrons. The standard InChI is InChI=1S/C22H24N2O/c1-22(2)19-11-4-5-12-20(19)24-13-7-8-16(21(22)24)15-23-17-9-6-10-18(14-17)25-3/h4-6,9-12,14-15H,7-8,13H2,1-3H3. The van der Waals surface area contributed by atoms with Gasteiger partial charge in [0, 0.05) is 35.6 Å². The van der Waals surface area contributed by atoms with Gasteiger partial charge >= 0.3 is 0 Å². The molecule has 0 unspecified atom stereocenters. The number of hydrogen-bond donors (Lipinski definition) is 0. The highest BCUT2D eigenvalue weighted by atomic mass is 16.5. The molecule has 0 atom stereocenters. The van der Waals surface area contributed by atoms with Crippen molar-refractivity contribution in [2.75, 3.05) is 18.6 Å². The zero-order chi connectivity index (χ0) is 17.4. The van der Waals surface area contributed by atoms with Gasteiger partial charge < -0.3 is 9.64 Å². The van der Waals surface area contributed by atoms with Crippen molar-refractivity contribution in [2.45, 2.75) is 32.1 Å². The molecular formula is C22H24N2O. The number of anilines is 1. The van der Waals surface area contributed by atoms with Crippen LogP contribution in [0.1, 0.15) is 32.3 Å². The lowest BCUT2D eigenvalue weighted by Crippen LogP contribution is -2.32. The minimum absolute atomic E-state index is 0.0206. The van der Waals surface area contributed by atoms with Crippen LogP contribution in [0.5, 0.6) is 5.75 Å². The molecule has 2 aromatic carbocycles. The lowest BCUT2D eigenvalue weighted by atomic mass is 9.81. The first-order valence-electron chi connectivity index (χ1n) is 8.90. The summed E-state index contributed by atoms with van der Waals surface area (Å²) in [6, 6.07) is 16.7. The molecule has 0 saturated heterocycles. The van der Waals surface area contributed by atoms with E-state index in [2.05, 4.69) is 49.2 Å². The highest BCUT2D eigenvalue weighted by Crippen LogP contribution is 2.50. The molecule has 0 aliphatic carbocycles. The summed E-state index contributed by atoms with van der Waals surface area (Å²) in [5.74, 6) is 0.839. The van der Waals surface area contributed by atoms with Crippen molar-refractivity contribution < 1.29 is 4.74 Å². The Balaban J connectivity index is 1.75. The van der Waals surface area contributed by atoms with Crippen LogP contribution >= 0.6 is 0 Å². The van der Waals surface area contributed by atoms with Crippen molar-refractivity contribution in [3.8, 4) is 5.75 Å². The molecular weight excluding hydrogens is 308 g/mol. The van der Waals surface area contributed by atoms with Gasteiger partial charge in [-0.05, 0) is 42.2 Å². The van der Waals surface area contributed by atoms with Gasteiger partial charge in [-0.1, -0.05) is 38.1 Å². The molecule has 3 nitrogen and oxygen atoms in total. The van der Waals surface area contributed by atoms with E-state index >= 15 is 0 Å². The largest absolute Gasteiger partial charge is 0.497 e. The maximum Gasteiger partial charge on any atom is 0.121 e. The third kappa shape index (κ3) is 2.64. The molecule has 0 aromatic heterocycles.